The summed E-state index contributed by atoms with van der Waals surface area (Å²) in [5.41, 5.74) is 4.09. The molecular formula is C24H25N5O4S. The average molecular weight is 480 g/mol. The molecule has 1 aromatic carbocycles. The van der Waals surface area contributed by atoms with Crippen molar-refractivity contribution in [2.45, 2.75) is 51.2 Å². The van der Waals surface area contributed by atoms with Gasteiger partial charge in [0.25, 0.3) is 0 Å². The van der Waals surface area contributed by atoms with Crippen molar-refractivity contribution in [3.05, 3.63) is 59.8 Å². The van der Waals surface area contributed by atoms with E-state index in [1.54, 1.807) is 21.3 Å². The molecule has 1 aliphatic heterocycles. The summed E-state index contributed by atoms with van der Waals surface area (Å²) >= 11 is 0. The number of rotatable bonds is 4. The number of likely N-dealkylation sites (tertiary alicyclic amines) is 1. The van der Waals surface area contributed by atoms with Crippen LogP contribution in [0.25, 0.3) is 16.7 Å². The highest BCUT2D eigenvalue weighted by Gasteiger charge is 2.39. The van der Waals surface area contributed by atoms with Crippen LogP contribution in [-0.2, 0) is 25.3 Å². The zero-order valence-electron chi connectivity index (χ0n) is 19.4. The molecule has 10 heteroatoms. The minimum absolute atomic E-state index is 0.114. The fourth-order valence-electron chi connectivity index (χ4n) is 4.66. The molecule has 176 valence electrons. The number of carbonyl (C=O) groups is 2. The number of nitrogens with zero attached hydrogens (tertiary/aromatic N) is 5. The largest absolute Gasteiger partial charge is 0.461 e. The Morgan fingerprint density at radius 2 is 1.79 bits per heavy atom. The van der Waals surface area contributed by atoms with E-state index >= 15 is 0 Å². The number of amides is 1. The van der Waals surface area contributed by atoms with Gasteiger partial charge in [0.05, 0.1) is 40.9 Å². The molecule has 3 atom stereocenters. The van der Waals surface area contributed by atoms with Gasteiger partial charge in [0, 0.05) is 26.5 Å². The van der Waals surface area contributed by atoms with Crippen LogP contribution in [0.2, 0.25) is 0 Å². The van der Waals surface area contributed by atoms with E-state index in [-0.39, 0.29) is 17.9 Å². The predicted octanol–water partition coefficient (Wildman–Crippen LogP) is 3.10. The number of carbonyl (C=O) groups excluding carboxylic acids is 2. The number of benzene rings is 1. The van der Waals surface area contributed by atoms with Crippen molar-refractivity contribution in [2.24, 2.45) is 0 Å². The van der Waals surface area contributed by atoms with Gasteiger partial charge >= 0.3 is 5.97 Å². The average Bonchev–Trinajstić information content (AvgIpc) is 3.48. The van der Waals surface area contributed by atoms with Gasteiger partial charge in [0.1, 0.15) is 11.9 Å². The molecule has 1 fully saturated rings. The first-order valence-corrected chi connectivity index (χ1v) is 12.1. The molecule has 0 aliphatic carbocycles. The molecule has 0 saturated carbocycles. The number of aromatic nitrogens is 4. The van der Waals surface area contributed by atoms with Crippen LogP contribution in [0.5, 0.6) is 0 Å². The lowest BCUT2D eigenvalue weighted by molar-refractivity contribution is -0.146. The van der Waals surface area contributed by atoms with Gasteiger partial charge in [-0.3, -0.25) is 14.0 Å². The number of hydrogen-bond donors (Lipinski definition) is 0. The molecule has 0 N–H and O–H groups in total. The van der Waals surface area contributed by atoms with Gasteiger partial charge in [0.15, 0.2) is 16.6 Å². The number of ether oxygens (including phenoxy) is 1. The standard InChI is InChI=1S/C24H25N5O4S/c1-14-5-7-20(8-6-14)34(32)28-12-15(2)22-24(28)26-11-18-10-25-23(29(18)22)21-9-19(33-17(4)31)13-27(21)16(3)30/h5-8,10-12,19,21H,9,13H2,1-4H3. The lowest BCUT2D eigenvalue weighted by atomic mass is 10.2. The number of aryl methyl sites for hydroxylation is 2. The lowest BCUT2D eigenvalue weighted by Crippen LogP contribution is -2.31. The summed E-state index contributed by atoms with van der Waals surface area (Å²) in [6.07, 6.45) is 5.30. The molecule has 4 heterocycles. The number of fused-ring (bicyclic) bond motifs is 3. The minimum atomic E-state index is -1.48. The summed E-state index contributed by atoms with van der Waals surface area (Å²) < 4.78 is 22.4. The number of hydrogen-bond acceptors (Lipinski definition) is 6. The van der Waals surface area contributed by atoms with Gasteiger partial charge in [0.2, 0.25) is 5.91 Å². The van der Waals surface area contributed by atoms with Crippen LogP contribution in [0, 0.1) is 13.8 Å². The SMILES string of the molecule is CC(=O)OC1CC(c2ncc3cnc4c(c(C)cn4S(=O)c4ccc(C)cc4)n23)N(C(C)=O)C1. The van der Waals surface area contributed by atoms with Crippen molar-refractivity contribution in [1.29, 1.82) is 0 Å². The lowest BCUT2D eigenvalue weighted by Gasteiger charge is -2.22. The van der Waals surface area contributed by atoms with Crippen LogP contribution in [0.1, 0.15) is 43.3 Å². The van der Waals surface area contributed by atoms with Gasteiger partial charge < -0.3 is 9.64 Å². The highest BCUT2D eigenvalue weighted by Crippen LogP contribution is 2.35. The van der Waals surface area contributed by atoms with Crippen molar-refractivity contribution in [3.63, 3.8) is 0 Å². The zero-order chi connectivity index (χ0) is 24.1. The van der Waals surface area contributed by atoms with Gasteiger partial charge in [-0.15, -0.1) is 0 Å². The quantitative estimate of drug-likeness (QED) is 0.417. The van der Waals surface area contributed by atoms with Crippen LogP contribution in [-0.4, -0.2) is 52.0 Å². The molecule has 1 amide bonds. The smallest absolute Gasteiger partial charge is 0.302 e. The first-order chi connectivity index (χ1) is 16.2. The summed E-state index contributed by atoms with van der Waals surface area (Å²) in [5.74, 6) is 0.172. The zero-order valence-corrected chi connectivity index (χ0v) is 20.2. The van der Waals surface area contributed by atoms with Gasteiger partial charge in [-0.2, -0.15) is 0 Å². The Hall–Kier alpha value is -3.53. The van der Waals surface area contributed by atoms with Crippen LogP contribution < -0.4 is 0 Å². The van der Waals surface area contributed by atoms with Gasteiger partial charge in [-0.25, -0.2) is 18.1 Å². The van der Waals surface area contributed by atoms with E-state index in [1.165, 1.54) is 13.8 Å². The fraction of sp³-hybridized carbons (Fsp3) is 0.333. The maximum absolute atomic E-state index is 13.4. The van der Waals surface area contributed by atoms with E-state index in [0.717, 1.165) is 22.2 Å². The third-order valence-corrected chi connectivity index (χ3v) is 7.47. The van der Waals surface area contributed by atoms with Crippen molar-refractivity contribution in [3.8, 4) is 0 Å². The molecular weight excluding hydrogens is 454 g/mol. The predicted molar refractivity (Wildman–Crippen MR) is 127 cm³/mol. The van der Waals surface area contributed by atoms with E-state index in [9.17, 15) is 13.8 Å². The Kier molecular flexibility index (Phi) is 5.47. The van der Waals surface area contributed by atoms with E-state index in [0.29, 0.717) is 29.3 Å². The Balaban J connectivity index is 1.64. The van der Waals surface area contributed by atoms with Crippen LogP contribution >= 0.6 is 0 Å². The maximum Gasteiger partial charge on any atom is 0.302 e. The molecule has 0 spiro atoms. The highest BCUT2D eigenvalue weighted by atomic mass is 32.2. The summed E-state index contributed by atoms with van der Waals surface area (Å²) in [4.78, 5) is 35.5. The number of imidazole rings is 1. The maximum atomic E-state index is 13.4. The van der Waals surface area contributed by atoms with Crippen molar-refractivity contribution in [2.75, 3.05) is 6.54 Å². The molecule has 1 aliphatic rings. The molecule has 1 saturated heterocycles. The van der Waals surface area contributed by atoms with Crippen LogP contribution in [0.3, 0.4) is 0 Å². The molecule has 5 rings (SSSR count). The fourth-order valence-corrected chi connectivity index (χ4v) is 5.80. The summed E-state index contributed by atoms with van der Waals surface area (Å²) in [5, 5.41) is 0. The molecule has 0 bridgehead atoms. The van der Waals surface area contributed by atoms with E-state index in [1.807, 2.05) is 48.7 Å². The van der Waals surface area contributed by atoms with Crippen molar-refractivity contribution < 1.29 is 18.5 Å². The molecule has 4 aromatic rings. The van der Waals surface area contributed by atoms with Crippen molar-refractivity contribution in [1.82, 2.24) is 23.2 Å². The van der Waals surface area contributed by atoms with E-state index in [2.05, 4.69) is 9.97 Å². The first kappa shape index (κ1) is 22.3. The second-order valence-electron chi connectivity index (χ2n) is 8.66. The Morgan fingerprint density at radius 3 is 2.47 bits per heavy atom. The Morgan fingerprint density at radius 1 is 1.09 bits per heavy atom. The molecule has 34 heavy (non-hydrogen) atoms. The monoisotopic (exact) mass is 479 g/mol. The summed E-state index contributed by atoms with van der Waals surface area (Å²) in [6.45, 7) is 7.11. The van der Waals surface area contributed by atoms with Gasteiger partial charge in [-0.1, -0.05) is 17.7 Å². The normalized spacial score (nSPS) is 19.1. The highest BCUT2D eigenvalue weighted by molar-refractivity contribution is 7.83. The van der Waals surface area contributed by atoms with Crippen LogP contribution in [0.4, 0.5) is 0 Å². The Bertz CT molecular complexity index is 1460. The molecule has 3 aromatic heterocycles. The second kappa shape index (κ2) is 8.35. The third kappa shape index (κ3) is 3.67. The van der Waals surface area contributed by atoms with E-state index in [4.69, 9.17) is 4.74 Å². The first-order valence-electron chi connectivity index (χ1n) is 11.0. The third-order valence-electron chi connectivity index (χ3n) is 6.16. The summed E-state index contributed by atoms with van der Waals surface area (Å²) in [6, 6.07) is 7.21. The van der Waals surface area contributed by atoms with Crippen molar-refractivity contribution >= 4 is 39.5 Å². The topological polar surface area (TPSA) is 98.8 Å². The van der Waals surface area contributed by atoms with Gasteiger partial charge in [-0.05, 0) is 31.5 Å². The molecule has 0 radical (unpaired) electrons. The molecule has 9 nitrogen and oxygen atoms in total. The van der Waals surface area contributed by atoms with Crippen LogP contribution in [0.15, 0.2) is 47.8 Å². The Labute approximate surface area is 198 Å². The molecule has 3 unspecified atom stereocenters. The summed E-state index contributed by atoms with van der Waals surface area (Å²) in [7, 11) is -1.48. The minimum Gasteiger partial charge on any atom is -0.461 e. The number of esters is 1. The van der Waals surface area contributed by atoms with E-state index < -0.39 is 17.1 Å². The second-order valence-corrected chi connectivity index (χ2v) is 10.0.